The van der Waals surface area contributed by atoms with E-state index in [2.05, 4.69) is 15.5 Å². The lowest BCUT2D eigenvalue weighted by atomic mass is 10.0. The second-order valence-corrected chi connectivity index (χ2v) is 5.64. The van der Waals surface area contributed by atoms with Crippen LogP contribution >= 0.6 is 11.3 Å². The summed E-state index contributed by atoms with van der Waals surface area (Å²) in [4.78, 5) is 14.2. The topological polar surface area (TPSA) is 67.3 Å². The van der Waals surface area contributed by atoms with E-state index in [0.717, 1.165) is 30.7 Å². The zero-order chi connectivity index (χ0) is 14.7. The van der Waals surface area contributed by atoms with Gasteiger partial charge in [0.1, 0.15) is 11.3 Å². The molecule has 1 aliphatic heterocycles. The lowest BCUT2D eigenvalue weighted by Crippen LogP contribution is -2.34. The summed E-state index contributed by atoms with van der Waals surface area (Å²) < 4.78 is 5.26. The standard InChI is InChI=1S/C14H16N4O2S/c1-20-11-5-2-4-10(8-11)12-6-3-7-18(12)14(19)16-13-17-15-9-21-13/h2,4-5,8-9,12H,3,6-7H2,1H3,(H,16,17,19)/t12-/m1/s1. The Balaban J connectivity index is 1.76. The van der Waals surface area contributed by atoms with Crippen LogP contribution in [0.3, 0.4) is 0 Å². The highest BCUT2D eigenvalue weighted by Crippen LogP contribution is 2.33. The summed E-state index contributed by atoms with van der Waals surface area (Å²) in [7, 11) is 1.65. The molecule has 0 bridgehead atoms. The van der Waals surface area contributed by atoms with Crippen molar-refractivity contribution in [3.05, 3.63) is 35.3 Å². The number of carbonyl (C=O) groups excluding carboxylic acids is 1. The summed E-state index contributed by atoms with van der Waals surface area (Å²) in [6.07, 6.45) is 1.95. The minimum Gasteiger partial charge on any atom is -0.497 e. The molecule has 1 aromatic carbocycles. The number of likely N-dealkylation sites (tertiary alicyclic amines) is 1. The average molecular weight is 304 g/mol. The number of nitrogens with zero attached hydrogens (tertiary/aromatic N) is 3. The summed E-state index contributed by atoms with van der Waals surface area (Å²) in [6, 6.07) is 7.83. The van der Waals surface area contributed by atoms with Crippen LogP contribution in [-0.4, -0.2) is 34.8 Å². The highest BCUT2D eigenvalue weighted by molar-refractivity contribution is 7.13. The first-order chi connectivity index (χ1) is 10.3. The maximum Gasteiger partial charge on any atom is 0.324 e. The third kappa shape index (κ3) is 2.97. The molecule has 1 atom stereocenters. The van der Waals surface area contributed by atoms with Gasteiger partial charge >= 0.3 is 6.03 Å². The predicted octanol–water partition coefficient (Wildman–Crippen LogP) is 2.92. The molecule has 3 rings (SSSR count). The Morgan fingerprint density at radius 1 is 1.52 bits per heavy atom. The molecule has 0 aliphatic carbocycles. The number of rotatable bonds is 3. The van der Waals surface area contributed by atoms with Crippen LogP contribution in [0.4, 0.5) is 9.93 Å². The quantitative estimate of drug-likeness (QED) is 0.946. The number of urea groups is 1. The molecule has 2 heterocycles. The summed E-state index contributed by atoms with van der Waals surface area (Å²) in [5.41, 5.74) is 2.69. The summed E-state index contributed by atoms with van der Waals surface area (Å²) in [6.45, 7) is 0.743. The van der Waals surface area contributed by atoms with E-state index in [1.54, 1.807) is 12.6 Å². The highest BCUT2D eigenvalue weighted by atomic mass is 32.1. The Bertz CT molecular complexity index is 617. The third-order valence-corrected chi connectivity index (χ3v) is 4.17. The first-order valence-corrected chi connectivity index (χ1v) is 7.63. The van der Waals surface area contributed by atoms with Crippen molar-refractivity contribution in [2.24, 2.45) is 0 Å². The Labute approximate surface area is 126 Å². The van der Waals surface area contributed by atoms with Crippen LogP contribution in [0.2, 0.25) is 0 Å². The van der Waals surface area contributed by atoms with Crippen molar-refractivity contribution in [2.45, 2.75) is 18.9 Å². The van der Waals surface area contributed by atoms with Gasteiger partial charge in [0.05, 0.1) is 13.2 Å². The van der Waals surface area contributed by atoms with Crippen molar-refractivity contribution in [3.63, 3.8) is 0 Å². The Hall–Kier alpha value is -2.15. The maximum absolute atomic E-state index is 12.4. The van der Waals surface area contributed by atoms with Gasteiger partial charge < -0.3 is 9.64 Å². The van der Waals surface area contributed by atoms with Crippen molar-refractivity contribution in [3.8, 4) is 5.75 Å². The minimum atomic E-state index is -0.128. The SMILES string of the molecule is COc1cccc([C@H]2CCCN2C(=O)Nc2nncs2)c1. The van der Waals surface area contributed by atoms with E-state index in [1.807, 2.05) is 29.2 Å². The van der Waals surface area contributed by atoms with E-state index in [4.69, 9.17) is 4.74 Å². The molecule has 2 aromatic rings. The van der Waals surface area contributed by atoms with Gasteiger partial charge in [-0.2, -0.15) is 0 Å². The number of ether oxygens (including phenoxy) is 1. The molecule has 6 nitrogen and oxygen atoms in total. The molecular weight excluding hydrogens is 288 g/mol. The number of aromatic nitrogens is 2. The zero-order valence-electron chi connectivity index (χ0n) is 11.7. The van der Waals surface area contributed by atoms with Crippen molar-refractivity contribution in [2.75, 3.05) is 19.0 Å². The van der Waals surface area contributed by atoms with E-state index < -0.39 is 0 Å². The van der Waals surface area contributed by atoms with E-state index in [9.17, 15) is 4.79 Å². The van der Waals surface area contributed by atoms with Crippen LogP contribution in [0.25, 0.3) is 0 Å². The fourth-order valence-electron chi connectivity index (χ4n) is 2.60. The highest BCUT2D eigenvalue weighted by Gasteiger charge is 2.30. The molecule has 2 amide bonds. The largest absolute Gasteiger partial charge is 0.497 e. The van der Waals surface area contributed by atoms with E-state index in [-0.39, 0.29) is 12.1 Å². The maximum atomic E-state index is 12.4. The van der Waals surface area contributed by atoms with Gasteiger partial charge in [0.15, 0.2) is 0 Å². The molecule has 1 aliphatic rings. The van der Waals surface area contributed by atoms with Crippen LogP contribution in [0, 0.1) is 0 Å². The number of benzene rings is 1. The van der Waals surface area contributed by atoms with E-state index in [0.29, 0.717) is 5.13 Å². The van der Waals surface area contributed by atoms with Gasteiger partial charge in [-0.05, 0) is 30.5 Å². The van der Waals surface area contributed by atoms with Crippen molar-refractivity contribution < 1.29 is 9.53 Å². The number of nitrogens with one attached hydrogen (secondary N) is 1. The summed E-state index contributed by atoms with van der Waals surface area (Å²) in [5, 5.41) is 10.9. The molecular formula is C14H16N4O2S. The normalized spacial score (nSPS) is 17.8. The van der Waals surface area contributed by atoms with Gasteiger partial charge in [-0.25, -0.2) is 4.79 Å². The first kappa shape index (κ1) is 13.8. The van der Waals surface area contributed by atoms with Crippen LogP contribution in [0.5, 0.6) is 5.75 Å². The Morgan fingerprint density at radius 2 is 2.43 bits per heavy atom. The van der Waals surface area contributed by atoms with Gasteiger partial charge in [0, 0.05) is 6.54 Å². The van der Waals surface area contributed by atoms with Gasteiger partial charge in [-0.15, -0.1) is 10.2 Å². The summed E-state index contributed by atoms with van der Waals surface area (Å²) in [5.74, 6) is 0.809. The summed E-state index contributed by atoms with van der Waals surface area (Å²) >= 11 is 1.31. The Morgan fingerprint density at radius 3 is 3.19 bits per heavy atom. The molecule has 0 spiro atoms. The number of hydrogen-bond donors (Lipinski definition) is 1. The van der Waals surface area contributed by atoms with Gasteiger partial charge in [0.25, 0.3) is 0 Å². The Kier molecular flexibility index (Phi) is 4.01. The molecule has 7 heteroatoms. The van der Waals surface area contributed by atoms with Gasteiger partial charge in [-0.1, -0.05) is 23.5 Å². The third-order valence-electron chi connectivity index (χ3n) is 3.57. The number of amides is 2. The molecule has 1 N–H and O–H groups in total. The van der Waals surface area contributed by atoms with Gasteiger partial charge in [-0.3, -0.25) is 5.32 Å². The van der Waals surface area contributed by atoms with E-state index >= 15 is 0 Å². The van der Waals surface area contributed by atoms with Crippen LogP contribution in [0.1, 0.15) is 24.4 Å². The predicted molar refractivity (Wildman–Crippen MR) is 80.6 cm³/mol. The second-order valence-electron chi connectivity index (χ2n) is 4.80. The lowest BCUT2D eigenvalue weighted by Gasteiger charge is -2.25. The average Bonchev–Trinajstić information content (AvgIpc) is 3.18. The number of methoxy groups -OCH3 is 1. The van der Waals surface area contributed by atoms with Crippen LogP contribution in [0.15, 0.2) is 29.8 Å². The van der Waals surface area contributed by atoms with Crippen LogP contribution < -0.4 is 10.1 Å². The molecule has 0 saturated carbocycles. The molecule has 1 aromatic heterocycles. The lowest BCUT2D eigenvalue weighted by molar-refractivity contribution is 0.207. The molecule has 0 radical (unpaired) electrons. The fourth-order valence-corrected chi connectivity index (χ4v) is 3.03. The fraction of sp³-hybridized carbons (Fsp3) is 0.357. The molecule has 0 unspecified atom stereocenters. The first-order valence-electron chi connectivity index (χ1n) is 6.75. The molecule has 21 heavy (non-hydrogen) atoms. The number of anilines is 1. The smallest absolute Gasteiger partial charge is 0.324 e. The zero-order valence-corrected chi connectivity index (χ0v) is 12.5. The number of carbonyl (C=O) groups is 1. The monoisotopic (exact) mass is 304 g/mol. The minimum absolute atomic E-state index is 0.0769. The number of hydrogen-bond acceptors (Lipinski definition) is 5. The van der Waals surface area contributed by atoms with E-state index in [1.165, 1.54) is 11.3 Å². The molecule has 110 valence electrons. The van der Waals surface area contributed by atoms with Crippen LogP contribution in [-0.2, 0) is 0 Å². The van der Waals surface area contributed by atoms with Crippen molar-refractivity contribution >= 4 is 22.5 Å². The molecule has 1 saturated heterocycles. The molecule has 1 fully saturated rings. The second kappa shape index (κ2) is 6.09. The van der Waals surface area contributed by atoms with Crippen molar-refractivity contribution in [1.29, 1.82) is 0 Å². The van der Waals surface area contributed by atoms with Gasteiger partial charge in [0.2, 0.25) is 5.13 Å². The van der Waals surface area contributed by atoms with Crippen molar-refractivity contribution in [1.82, 2.24) is 15.1 Å².